The van der Waals surface area contributed by atoms with E-state index in [0.717, 1.165) is 51.0 Å². The lowest BCUT2D eigenvalue weighted by molar-refractivity contribution is 0.0713. The molecule has 1 heterocycles. The molecule has 1 saturated heterocycles. The third kappa shape index (κ3) is 4.21. The molecule has 116 valence electrons. The lowest BCUT2D eigenvalue weighted by Gasteiger charge is -2.30. The van der Waals surface area contributed by atoms with Crippen molar-refractivity contribution in [3.8, 4) is 5.75 Å². The molecular formula is C17H26N2O2. The van der Waals surface area contributed by atoms with Crippen molar-refractivity contribution in [1.82, 2.24) is 10.2 Å². The van der Waals surface area contributed by atoms with Gasteiger partial charge in [-0.2, -0.15) is 0 Å². The van der Waals surface area contributed by atoms with Crippen LogP contribution in [0.15, 0.2) is 18.2 Å². The first-order valence-corrected chi connectivity index (χ1v) is 7.91. The van der Waals surface area contributed by atoms with E-state index in [4.69, 9.17) is 0 Å². The van der Waals surface area contributed by atoms with Crippen molar-refractivity contribution in [3.63, 3.8) is 0 Å². The van der Waals surface area contributed by atoms with E-state index in [0.29, 0.717) is 11.5 Å². The quantitative estimate of drug-likeness (QED) is 0.876. The van der Waals surface area contributed by atoms with Gasteiger partial charge in [0.2, 0.25) is 0 Å². The Labute approximate surface area is 127 Å². The predicted molar refractivity (Wildman–Crippen MR) is 84.6 cm³/mol. The number of amides is 1. The summed E-state index contributed by atoms with van der Waals surface area (Å²) in [5, 5.41) is 13.3. The molecule has 1 amide bonds. The van der Waals surface area contributed by atoms with Gasteiger partial charge in [-0.1, -0.05) is 18.6 Å². The summed E-state index contributed by atoms with van der Waals surface area (Å²) < 4.78 is 0. The molecule has 2 N–H and O–H groups in total. The van der Waals surface area contributed by atoms with E-state index in [1.807, 2.05) is 17.9 Å². The van der Waals surface area contributed by atoms with Gasteiger partial charge < -0.3 is 15.3 Å². The van der Waals surface area contributed by atoms with E-state index in [1.165, 1.54) is 0 Å². The van der Waals surface area contributed by atoms with Crippen LogP contribution in [-0.4, -0.2) is 42.1 Å². The summed E-state index contributed by atoms with van der Waals surface area (Å²) in [5.41, 5.74) is 1.42. The van der Waals surface area contributed by atoms with Crippen LogP contribution in [0.1, 0.15) is 42.1 Å². The average Bonchev–Trinajstić information content (AvgIpc) is 2.49. The number of rotatable bonds is 5. The highest BCUT2D eigenvalue weighted by atomic mass is 16.3. The first-order valence-electron chi connectivity index (χ1n) is 7.91. The number of hydrogen-bond donors (Lipinski definition) is 2. The summed E-state index contributed by atoms with van der Waals surface area (Å²) in [6.07, 6.45) is 3.17. The molecule has 1 aliphatic rings. The molecule has 1 aromatic carbocycles. The minimum atomic E-state index is -0.0448. The van der Waals surface area contributed by atoms with Crippen molar-refractivity contribution in [2.45, 2.75) is 33.1 Å². The molecule has 21 heavy (non-hydrogen) atoms. The molecule has 0 aliphatic carbocycles. The Morgan fingerprint density at radius 3 is 2.76 bits per heavy atom. The second-order valence-electron chi connectivity index (χ2n) is 5.97. The lowest BCUT2D eigenvalue weighted by Crippen LogP contribution is -2.39. The van der Waals surface area contributed by atoms with Crippen LogP contribution in [0.2, 0.25) is 0 Å². The molecule has 4 nitrogen and oxygen atoms in total. The maximum absolute atomic E-state index is 12.7. The van der Waals surface area contributed by atoms with Crippen LogP contribution in [-0.2, 0) is 0 Å². The number of benzene rings is 1. The Kier molecular flexibility index (Phi) is 5.62. The van der Waals surface area contributed by atoms with E-state index < -0.39 is 0 Å². The van der Waals surface area contributed by atoms with E-state index in [2.05, 4.69) is 12.2 Å². The Bertz CT molecular complexity index is 482. The Hall–Kier alpha value is -1.55. The number of carbonyl (C=O) groups is 1. The van der Waals surface area contributed by atoms with E-state index in [1.54, 1.807) is 12.1 Å². The smallest absolute Gasteiger partial charge is 0.257 e. The highest BCUT2D eigenvalue weighted by Gasteiger charge is 2.23. The zero-order valence-electron chi connectivity index (χ0n) is 13.1. The summed E-state index contributed by atoms with van der Waals surface area (Å²) >= 11 is 0. The van der Waals surface area contributed by atoms with Gasteiger partial charge in [-0.05, 0) is 57.3 Å². The third-order valence-corrected chi connectivity index (χ3v) is 4.10. The summed E-state index contributed by atoms with van der Waals surface area (Å²) in [5.74, 6) is 0.599. The molecule has 2 rings (SSSR count). The molecule has 0 spiro atoms. The molecule has 0 saturated carbocycles. The van der Waals surface area contributed by atoms with Crippen molar-refractivity contribution in [2.24, 2.45) is 5.92 Å². The van der Waals surface area contributed by atoms with E-state index >= 15 is 0 Å². The number of nitrogens with zero attached hydrogens (tertiary/aromatic N) is 1. The van der Waals surface area contributed by atoms with Gasteiger partial charge in [0.1, 0.15) is 5.75 Å². The Balaban J connectivity index is 2.12. The van der Waals surface area contributed by atoms with Crippen LogP contribution in [0.25, 0.3) is 0 Å². The van der Waals surface area contributed by atoms with Crippen molar-refractivity contribution in [1.29, 1.82) is 0 Å². The van der Waals surface area contributed by atoms with Crippen LogP contribution >= 0.6 is 0 Å². The van der Waals surface area contributed by atoms with Gasteiger partial charge in [0.25, 0.3) is 5.91 Å². The highest BCUT2D eigenvalue weighted by molar-refractivity contribution is 5.97. The number of aryl methyl sites for hydroxylation is 1. The van der Waals surface area contributed by atoms with Crippen LogP contribution in [0.5, 0.6) is 5.75 Å². The largest absolute Gasteiger partial charge is 0.507 e. The second kappa shape index (κ2) is 7.46. The second-order valence-corrected chi connectivity index (χ2v) is 5.97. The zero-order chi connectivity index (χ0) is 15.2. The van der Waals surface area contributed by atoms with Crippen LogP contribution in [0.4, 0.5) is 0 Å². The number of phenols is 1. The van der Waals surface area contributed by atoms with Gasteiger partial charge in [-0.25, -0.2) is 0 Å². The minimum absolute atomic E-state index is 0.0448. The monoisotopic (exact) mass is 290 g/mol. The number of hydrogen-bond acceptors (Lipinski definition) is 3. The summed E-state index contributed by atoms with van der Waals surface area (Å²) in [6, 6.07) is 5.21. The topological polar surface area (TPSA) is 52.6 Å². The van der Waals surface area contributed by atoms with E-state index in [9.17, 15) is 9.90 Å². The van der Waals surface area contributed by atoms with Gasteiger partial charge >= 0.3 is 0 Å². The van der Waals surface area contributed by atoms with Crippen LogP contribution in [0, 0.1) is 12.8 Å². The van der Waals surface area contributed by atoms with Crippen molar-refractivity contribution >= 4 is 5.91 Å². The molecule has 4 heteroatoms. The zero-order valence-corrected chi connectivity index (χ0v) is 13.1. The lowest BCUT2D eigenvalue weighted by atomic mass is 9.97. The molecule has 0 radical (unpaired) electrons. The number of phenolic OH excluding ortho intramolecular Hbond substituents is 1. The fourth-order valence-electron chi connectivity index (χ4n) is 2.91. The summed E-state index contributed by atoms with van der Waals surface area (Å²) in [7, 11) is 0. The number of nitrogens with one attached hydrogen (secondary N) is 1. The Morgan fingerprint density at radius 2 is 2.10 bits per heavy atom. The van der Waals surface area contributed by atoms with Gasteiger partial charge in [-0.3, -0.25) is 4.79 Å². The normalized spacial score (nSPS) is 15.9. The first-order chi connectivity index (χ1) is 10.1. The average molecular weight is 290 g/mol. The molecule has 0 bridgehead atoms. The number of piperidine rings is 1. The summed E-state index contributed by atoms with van der Waals surface area (Å²) in [4.78, 5) is 14.6. The van der Waals surface area contributed by atoms with Gasteiger partial charge in [0, 0.05) is 13.1 Å². The van der Waals surface area contributed by atoms with Crippen LogP contribution < -0.4 is 5.32 Å². The van der Waals surface area contributed by atoms with Gasteiger partial charge in [-0.15, -0.1) is 0 Å². The van der Waals surface area contributed by atoms with Crippen molar-refractivity contribution < 1.29 is 9.90 Å². The highest BCUT2D eigenvalue weighted by Crippen LogP contribution is 2.22. The maximum Gasteiger partial charge on any atom is 0.257 e. The van der Waals surface area contributed by atoms with Crippen molar-refractivity contribution in [3.05, 3.63) is 29.3 Å². The molecule has 1 aliphatic heterocycles. The first kappa shape index (κ1) is 15.8. The van der Waals surface area contributed by atoms with Gasteiger partial charge in [0.15, 0.2) is 0 Å². The molecule has 1 aromatic rings. The van der Waals surface area contributed by atoms with E-state index in [-0.39, 0.29) is 11.7 Å². The number of aromatic hydroxyl groups is 1. The van der Waals surface area contributed by atoms with Crippen molar-refractivity contribution in [2.75, 3.05) is 26.2 Å². The standard InChI is InChI=1S/C17H26N2O2/c1-3-10-19(12-14-6-8-18-9-7-14)17(21)15-11-13(2)4-5-16(15)20/h4-5,11,14,18,20H,3,6-10,12H2,1-2H3. The summed E-state index contributed by atoms with van der Waals surface area (Å²) in [6.45, 7) is 7.63. The molecule has 0 aromatic heterocycles. The molecule has 0 atom stereocenters. The predicted octanol–water partition coefficient (Wildman–Crippen LogP) is 2.55. The molecule has 0 unspecified atom stereocenters. The SMILES string of the molecule is CCCN(CC1CCNCC1)C(=O)c1cc(C)ccc1O. The third-order valence-electron chi connectivity index (χ3n) is 4.10. The maximum atomic E-state index is 12.7. The Morgan fingerprint density at radius 1 is 1.38 bits per heavy atom. The van der Waals surface area contributed by atoms with Gasteiger partial charge in [0.05, 0.1) is 5.56 Å². The molecule has 1 fully saturated rings. The fraction of sp³-hybridized carbons (Fsp3) is 0.588. The fourth-order valence-corrected chi connectivity index (χ4v) is 2.91. The minimum Gasteiger partial charge on any atom is -0.507 e. The van der Waals surface area contributed by atoms with Crippen LogP contribution in [0.3, 0.4) is 0 Å². The molecular weight excluding hydrogens is 264 g/mol. The number of carbonyl (C=O) groups excluding carboxylic acids is 1.